The molecule has 1 aliphatic heterocycles. The molecule has 1 aromatic carbocycles. The van der Waals surface area contributed by atoms with Crippen LogP contribution < -0.4 is 16.0 Å². The molecule has 1 aromatic rings. The fourth-order valence-corrected chi connectivity index (χ4v) is 2.28. The lowest BCUT2D eigenvalue weighted by molar-refractivity contribution is 0.0941. The molecule has 3 N–H and O–H groups in total. The van der Waals surface area contributed by atoms with Crippen LogP contribution in [0.15, 0.2) is 18.2 Å². The highest BCUT2D eigenvalue weighted by molar-refractivity contribution is 5.97. The highest BCUT2D eigenvalue weighted by Crippen LogP contribution is 2.21. The zero-order valence-corrected chi connectivity index (χ0v) is 13.5. The topological polar surface area (TPSA) is 53.2 Å². The third kappa shape index (κ3) is 3.97. The zero-order chi connectivity index (χ0) is 15.4. The molecule has 1 amide bonds. The van der Waals surface area contributed by atoms with Crippen LogP contribution in [0, 0.1) is 18.8 Å². The Bertz CT molecular complexity index is 495. The summed E-state index contributed by atoms with van der Waals surface area (Å²) in [5.74, 6) is 1.16. The van der Waals surface area contributed by atoms with Crippen LogP contribution in [-0.2, 0) is 0 Å². The second kappa shape index (κ2) is 6.94. The van der Waals surface area contributed by atoms with Gasteiger partial charge in [-0.05, 0) is 37.5 Å². The highest BCUT2D eigenvalue weighted by atomic mass is 16.1. The summed E-state index contributed by atoms with van der Waals surface area (Å²) in [6.45, 7) is 11.3. The van der Waals surface area contributed by atoms with E-state index in [2.05, 4.69) is 36.7 Å². The van der Waals surface area contributed by atoms with Crippen LogP contribution in [0.2, 0.25) is 0 Å². The summed E-state index contributed by atoms with van der Waals surface area (Å²) in [4.78, 5) is 12.3. The molecule has 1 unspecified atom stereocenters. The number of nitrogens with one attached hydrogen (secondary N) is 3. The van der Waals surface area contributed by atoms with Crippen molar-refractivity contribution in [3.8, 4) is 0 Å². The minimum atomic E-state index is 0.0280. The van der Waals surface area contributed by atoms with Gasteiger partial charge in [-0.25, -0.2) is 0 Å². The van der Waals surface area contributed by atoms with Crippen molar-refractivity contribution in [2.75, 3.05) is 25.0 Å². The first kappa shape index (κ1) is 15.8. The Morgan fingerprint density at radius 1 is 1.33 bits per heavy atom. The molecule has 116 valence electrons. The molecule has 1 aliphatic rings. The summed E-state index contributed by atoms with van der Waals surface area (Å²) in [6, 6.07) is 6.26. The Hall–Kier alpha value is -1.55. The van der Waals surface area contributed by atoms with E-state index < -0.39 is 0 Å². The Balaban J connectivity index is 2.03. The molecule has 21 heavy (non-hydrogen) atoms. The standard InChI is InChI=1S/C17H27N3O/c1-11(2)13(4)20-16-7-5-6-15(12(16)3)17(21)19-10-14-8-18-9-14/h5-7,11,13-14,18,20H,8-10H2,1-4H3,(H,19,21). The van der Waals surface area contributed by atoms with Crippen molar-refractivity contribution in [3.63, 3.8) is 0 Å². The maximum Gasteiger partial charge on any atom is 0.251 e. The van der Waals surface area contributed by atoms with E-state index in [4.69, 9.17) is 0 Å². The Morgan fingerprint density at radius 3 is 2.62 bits per heavy atom. The van der Waals surface area contributed by atoms with Crippen molar-refractivity contribution in [1.82, 2.24) is 10.6 Å². The quantitative estimate of drug-likeness (QED) is 0.754. The average molecular weight is 289 g/mol. The average Bonchev–Trinajstić information content (AvgIpc) is 2.39. The molecule has 1 fully saturated rings. The fourth-order valence-electron chi connectivity index (χ4n) is 2.28. The SMILES string of the molecule is Cc1c(NC(C)C(C)C)cccc1C(=O)NCC1CNC1. The van der Waals surface area contributed by atoms with Gasteiger partial charge < -0.3 is 16.0 Å². The third-order valence-corrected chi connectivity index (χ3v) is 4.38. The van der Waals surface area contributed by atoms with Crippen LogP contribution in [0.3, 0.4) is 0 Å². The minimum absolute atomic E-state index is 0.0280. The lowest BCUT2D eigenvalue weighted by Crippen LogP contribution is -2.48. The minimum Gasteiger partial charge on any atom is -0.382 e. The van der Waals surface area contributed by atoms with Gasteiger partial charge in [0.25, 0.3) is 5.91 Å². The molecule has 0 aliphatic carbocycles. The van der Waals surface area contributed by atoms with Crippen LogP contribution in [-0.4, -0.2) is 31.6 Å². The van der Waals surface area contributed by atoms with E-state index in [1.165, 1.54) is 0 Å². The predicted molar refractivity (Wildman–Crippen MR) is 87.8 cm³/mol. The number of hydrogen-bond acceptors (Lipinski definition) is 3. The van der Waals surface area contributed by atoms with Gasteiger partial charge in [0.2, 0.25) is 0 Å². The van der Waals surface area contributed by atoms with E-state index >= 15 is 0 Å². The van der Waals surface area contributed by atoms with Gasteiger partial charge in [-0.1, -0.05) is 19.9 Å². The lowest BCUT2D eigenvalue weighted by atomic mass is 10.0. The van der Waals surface area contributed by atoms with Crippen LogP contribution in [0.25, 0.3) is 0 Å². The summed E-state index contributed by atoms with van der Waals surface area (Å²) >= 11 is 0. The van der Waals surface area contributed by atoms with E-state index in [9.17, 15) is 4.79 Å². The van der Waals surface area contributed by atoms with Gasteiger partial charge in [0.15, 0.2) is 0 Å². The predicted octanol–water partition coefficient (Wildman–Crippen LogP) is 2.40. The van der Waals surface area contributed by atoms with Crippen molar-refractivity contribution in [1.29, 1.82) is 0 Å². The summed E-state index contributed by atoms with van der Waals surface area (Å²) in [7, 11) is 0. The molecular weight excluding hydrogens is 262 g/mol. The molecule has 1 saturated heterocycles. The van der Waals surface area contributed by atoms with Crippen LogP contribution >= 0.6 is 0 Å². The molecule has 1 heterocycles. The van der Waals surface area contributed by atoms with E-state index in [1.807, 2.05) is 25.1 Å². The Labute approximate surface area is 127 Å². The molecule has 2 rings (SSSR count). The largest absolute Gasteiger partial charge is 0.382 e. The smallest absolute Gasteiger partial charge is 0.251 e. The van der Waals surface area contributed by atoms with Gasteiger partial charge in [0.1, 0.15) is 0 Å². The van der Waals surface area contributed by atoms with Crippen LogP contribution in [0.5, 0.6) is 0 Å². The first-order valence-corrected chi connectivity index (χ1v) is 7.84. The van der Waals surface area contributed by atoms with Crippen LogP contribution in [0.1, 0.15) is 36.7 Å². The Kier molecular flexibility index (Phi) is 5.23. The summed E-state index contributed by atoms with van der Waals surface area (Å²) in [5.41, 5.74) is 2.84. The molecular formula is C17H27N3O. The molecule has 0 spiro atoms. The Morgan fingerprint density at radius 2 is 2.05 bits per heavy atom. The van der Waals surface area contributed by atoms with Crippen LogP contribution in [0.4, 0.5) is 5.69 Å². The molecule has 0 radical (unpaired) electrons. The molecule has 0 bridgehead atoms. The van der Waals surface area contributed by atoms with Crippen molar-refractivity contribution in [2.24, 2.45) is 11.8 Å². The van der Waals surface area contributed by atoms with E-state index in [1.54, 1.807) is 0 Å². The molecule has 0 saturated carbocycles. The maximum absolute atomic E-state index is 12.3. The van der Waals surface area contributed by atoms with Gasteiger partial charge in [-0.15, -0.1) is 0 Å². The monoisotopic (exact) mass is 289 g/mol. The summed E-state index contributed by atoms with van der Waals surface area (Å²) in [6.07, 6.45) is 0. The second-order valence-electron chi connectivity index (χ2n) is 6.39. The van der Waals surface area contributed by atoms with E-state index in [0.29, 0.717) is 17.9 Å². The molecule has 4 heteroatoms. The van der Waals surface area contributed by atoms with Gasteiger partial charge in [0.05, 0.1) is 0 Å². The first-order valence-electron chi connectivity index (χ1n) is 7.84. The van der Waals surface area contributed by atoms with Crippen molar-refractivity contribution < 1.29 is 4.79 Å². The first-order chi connectivity index (χ1) is 9.99. The number of amides is 1. The highest BCUT2D eigenvalue weighted by Gasteiger charge is 2.19. The summed E-state index contributed by atoms with van der Waals surface area (Å²) in [5, 5.41) is 9.76. The number of carbonyl (C=O) groups is 1. The number of anilines is 1. The number of rotatable bonds is 6. The van der Waals surface area contributed by atoms with E-state index in [-0.39, 0.29) is 5.91 Å². The molecule has 1 atom stereocenters. The fraction of sp³-hybridized carbons (Fsp3) is 0.588. The normalized spacial score (nSPS) is 16.4. The zero-order valence-electron chi connectivity index (χ0n) is 13.5. The van der Waals surface area contributed by atoms with Gasteiger partial charge >= 0.3 is 0 Å². The van der Waals surface area contributed by atoms with Gasteiger partial charge in [0, 0.05) is 42.8 Å². The third-order valence-electron chi connectivity index (χ3n) is 4.38. The van der Waals surface area contributed by atoms with Crippen molar-refractivity contribution in [2.45, 2.75) is 33.7 Å². The number of carbonyl (C=O) groups excluding carboxylic acids is 1. The number of hydrogen-bond donors (Lipinski definition) is 3. The summed E-state index contributed by atoms with van der Waals surface area (Å²) < 4.78 is 0. The maximum atomic E-state index is 12.3. The van der Waals surface area contributed by atoms with Crippen molar-refractivity contribution in [3.05, 3.63) is 29.3 Å². The van der Waals surface area contributed by atoms with Gasteiger partial charge in [-0.3, -0.25) is 4.79 Å². The van der Waals surface area contributed by atoms with E-state index in [0.717, 1.165) is 36.4 Å². The lowest BCUT2D eigenvalue weighted by Gasteiger charge is -2.27. The van der Waals surface area contributed by atoms with Gasteiger partial charge in [-0.2, -0.15) is 0 Å². The molecule has 4 nitrogen and oxygen atoms in total. The number of benzene rings is 1. The second-order valence-corrected chi connectivity index (χ2v) is 6.39. The molecule has 0 aromatic heterocycles. The van der Waals surface area contributed by atoms with Crippen molar-refractivity contribution >= 4 is 11.6 Å².